The molecule has 0 bridgehead atoms. The van der Waals surface area contributed by atoms with Crippen molar-refractivity contribution >= 4 is 110 Å². The van der Waals surface area contributed by atoms with Crippen LogP contribution in [0.3, 0.4) is 0 Å². The van der Waals surface area contributed by atoms with Gasteiger partial charge in [0, 0.05) is 25.0 Å². The molecule has 0 heterocycles. The van der Waals surface area contributed by atoms with Gasteiger partial charge in [0.15, 0.2) is 0 Å². The van der Waals surface area contributed by atoms with Crippen LogP contribution >= 0.6 is 0 Å². The molecule has 0 aromatic carbocycles. The van der Waals surface area contributed by atoms with Crippen molar-refractivity contribution in [2.24, 2.45) is 0 Å². The summed E-state index contributed by atoms with van der Waals surface area (Å²) in [5.74, 6) is -3.06. The summed E-state index contributed by atoms with van der Waals surface area (Å²) in [6.07, 6.45) is 31.7. The zero-order valence-electron chi connectivity index (χ0n) is 37.7. The van der Waals surface area contributed by atoms with Crippen LogP contribution in [0.2, 0.25) is 17.7 Å². The Morgan fingerprint density at radius 2 is 0.596 bits per heavy atom. The second-order valence-electron chi connectivity index (χ2n) is 14.2. The minimum absolute atomic E-state index is 0. The molecule has 0 aliphatic carbocycles. The average molecular weight is 1050 g/mol. The molecule has 0 rings (SSSR count). The van der Waals surface area contributed by atoms with Crippen molar-refractivity contribution in [3.05, 3.63) is 12.2 Å². The van der Waals surface area contributed by atoms with Crippen molar-refractivity contribution in [2.75, 3.05) is 0 Å². The van der Waals surface area contributed by atoms with Gasteiger partial charge in [0.1, 0.15) is 0 Å². The van der Waals surface area contributed by atoms with Gasteiger partial charge in [-0.15, -0.1) is 0 Å². The molecule has 0 spiro atoms. The van der Waals surface area contributed by atoms with Gasteiger partial charge in [-0.25, -0.2) is 9.59 Å². The van der Waals surface area contributed by atoms with E-state index in [1.54, 1.807) is 17.7 Å². The molecular formula is C45H84CaO9Sn2. The summed E-state index contributed by atoms with van der Waals surface area (Å²) in [7, 11) is 0. The van der Waals surface area contributed by atoms with E-state index >= 15 is 0 Å². The standard InChI is InChI=1S/C28H48O6.4C4H9.CH2O3.Ca.2Sn/c1-3-5-7-9-11-13-15-17-19-21-25(29)33-27(31)23-24-28(32)34-26(30)22-20-18-16-14-12-10-8-6-4-2;4*1-3-4-2;2-1(3)4;;;/h23-24H,3-22H2,1-2H3;4*1,3-4H2,2H3;(H2,2,3,4);;;/q;;;;;;+2;;/p-2/b24-23-;;;;;;;;. The second-order valence-corrected chi connectivity index (χ2v) is 22.8. The number of ether oxygens (including phenoxy) is 2. The number of carbonyl (C=O) groups is 5. The van der Waals surface area contributed by atoms with Crippen LogP contribution in [-0.2, 0) is 28.7 Å². The van der Waals surface area contributed by atoms with E-state index in [-0.39, 0.29) is 92.9 Å². The molecule has 57 heavy (non-hydrogen) atoms. The van der Waals surface area contributed by atoms with Crippen molar-refractivity contribution < 1.29 is 43.7 Å². The minimum atomic E-state index is -2.33. The Balaban J connectivity index is -0.000000316. The number of rotatable bonds is 34. The monoisotopic (exact) mass is 1050 g/mol. The Bertz CT molecular complexity index is 824. The Morgan fingerprint density at radius 1 is 0.386 bits per heavy atom. The zero-order chi connectivity index (χ0) is 42.8. The Hall–Kier alpha value is 0.147. The number of esters is 4. The molecule has 9 nitrogen and oxygen atoms in total. The van der Waals surface area contributed by atoms with Crippen molar-refractivity contribution in [3.63, 3.8) is 0 Å². The van der Waals surface area contributed by atoms with E-state index in [0.717, 1.165) is 37.8 Å². The van der Waals surface area contributed by atoms with E-state index < -0.39 is 30.0 Å². The first-order chi connectivity index (χ1) is 27.1. The van der Waals surface area contributed by atoms with Crippen LogP contribution in [0, 0.1) is 0 Å². The molecule has 0 saturated heterocycles. The number of carbonyl (C=O) groups excluding carboxylic acids is 5. The zero-order valence-corrected chi connectivity index (χ0v) is 45.6. The van der Waals surface area contributed by atoms with E-state index in [2.05, 4.69) is 51.0 Å². The van der Waals surface area contributed by atoms with E-state index in [1.807, 2.05) is 0 Å². The Labute approximate surface area is 401 Å². The molecule has 12 heteroatoms. The molecule has 0 atom stereocenters. The molecule has 328 valence electrons. The van der Waals surface area contributed by atoms with E-state index in [1.165, 1.54) is 128 Å². The molecule has 0 aromatic rings. The maximum absolute atomic E-state index is 11.7. The average Bonchev–Trinajstić information content (AvgIpc) is 3.16. The fourth-order valence-electron chi connectivity index (χ4n) is 5.15. The summed E-state index contributed by atoms with van der Waals surface area (Å²) in [4.78, 5) is 55.0. The molecule has 0 aromatic heterocycles. The smallest absolute Gasteiger partial charge is 0.652 e. The topological polar surface area (TPSA) is 150 Å². The quantitative estimate of drug-likeness (QED) is 0.0202. The van der Waals surface area contributed by atoms with Crippen LogP contribution in [0.5, 0.6) is 0 Å². The van der Waals surface area contributed by atoms with Crippen molar-refractivity contribution in [3.8, 4) is 0 Å². The summed E-state index contributed by atoms with van der Waals surface area (Å²) < 4.78 is 15.8. The van der Waals surface area contributed by atoms with Gasteiger partial charge in [0.25, 0.3) is 0 Å². The van der Waals surface area contributed by atoms with E-state index in [4.69, 9.17) is 15.0 Å². The van der Waals surface area contributed by atoms with Gasteiger partial charge in [-0.1, -0.05) is 117 Å². The molecule has 0 aliphatic rings. The molecule has 0 N–H and O–H groups in total. The molecule has 4 radical (unpaired) electrons. The summed E-state index contributed by atoms with van der Waals surface area (Å²) in [6.45, 7) is 13.6. The van der Waals surface area contributed by atoms with Gasteiger partial charge in [0.05, 0.1) is 0 Å². The first-order valence-corrected chi connectivity index (χ1v) is 30.6. The third-order valence-electron chi connectivity index (χ3n) is 8.58. The second kappa shape index (κ2) is 60.5. The third-order valence-corrected chi connectivity index (χ3v) is 16.7. The summed E-state index contributed by atoms with van der Waals surface area (Å²) in [5.41, 5.74) is 0. The Kier molecular flexibility index (Phi) is 70.3. The number of unbranched alkanes of at least 4 members (excludes halogenated alkanes) is 20. The summed E-state index contributed by atoms with van der Waals surface area (Å²) >= 11 is 0.299. The summed E-state index contributed by atoms with van der Waals surface area (Å²) in [5, 5.41) is 16.7. The number of hydrogen-bond acceptors (Lipinski definition) is 9. The van der Waals surface area contributed by atoms with Gasteiger partial charge < -0.3 is 24.5 Å². The third kappa shape index (κ3) is 74.1. The molecule has 0 aliphatic heterocycles. The van der Waals surface area contributed by atoms with Crippen LogP contribution in [-0.4, -0.2) is 110 Å². The van der Waals surface area contributed by atoms with Crippen LogP contribution in [0.25, 0.3) is 0 Å². The summed E-state index contributed by atoms with van der Waals surface area (Å²) in [6, 6.07) is 0. The maximum atomic E-state index is 11.7. The van der Waals surface area contributed by atoms with Gasteiger partial charge in [0.2, 0.25) is 0 Å². The van der Waals surface area contributed by atoms with E-state index in [0.29, 0.717) is 12.8 Å². The van der Waals surface area contributed by atoms with Crippen LogP contribution in [0.4, 0.5) is 4.79 Å². The van der Waals surface area contributed by atoms with Crippen LogP contribution in [0.15, 0.2) is 12.2 Å². The Morgan fingerprint density at radius 3 is 0.825 bits per heavy atom. The molecule has 0 unspecified atom stereocenters. The van der Waals surface area contributed by atoms with Crippen molar-refractivity contribution in [1.82, 2.24) is 0 Å². The van der Waals surface area contributed by atoms with Crippen molar-refractivity contribution in [1.29, 1.82) is 0 Å². The first-order valence-electron chi connectivity index (χ1n) is 22.5. The SMILES string of the molecule is CCCCCCCCCCCC(=O)OC(=O)/C=C\C(=O)OC(=O)CCCCCCCCCCC.CCC[CH2][Sn][CH2]CCC.CCC[CH2][Sn][CH2]CCC.O=C([O-])[O-].[Ca+2]. The van der Waals surface area contributed by atoms with Crippen LogP contribution < -0.4 is 10.2 Å². The van der Waals surface area contributed by atoms with Gasteiger partial charge in [-0.05, 0) is 19.0 Å². The molecular weight excluding hydrogens is 962 g/mol. The molecule has 0 amide bonds. The fourth-order valence-corrected chi connectivity index (χ4v) is 13.5. The predicted molar refractivity (Wildman–Crippen MR) is 237 cm³/mol. The molecule has 0 fully saturated rings. The number of carboxylic acid groups (broad SMARTS) is 2. The van der Waals surface area contributed by atoms with Gasteiger partial charge in [-0.3, -0.25) is 9.59 Å². The minimum Gasteiger partial charge on any atom is -0.652 e. The van der Waals surface area contributed by atoms with Crippen molar-refractivity contribution in [2.45, 2.75) is 239 Å². The largest absolute Gasteiger partial charge is 2.00 e. The normalized spacial score (nSPS) is 10.1. The fraction of sp³-hybridized carbons (Fsp3) is 0.844. The first kappa shape index (κ1) is 66.3. The predicted octanol–water partition coefficient (Wildman–Crippen LogP) is 11.0. The number of hydrogen-bond donors (Lipinski definition) is 0. The molecule has 0 saturated carbocycles. The van der Waals surface area contributed by atoms with Gasteiger partial charge in [-0.2, -0.15) is 0 Å². The van der Waals surface area contributed by atoms with E-state index in [9.17, 15) is 19.2 Å². The maximum Gasteiger partial charge on any atom is 2.00 e. The van der Waals surface area contributed by atoms with Crippen LogP contribution in [0.1, 0.15) is 221 Å². The van der Waals surface area contributed by atoms with Gasteiger partial charge >= 0.3 is 201 Å².